The molecule has 4 rings (SSSR count). The molecule has 12 heteroatoms. The first-order chi connectivity index (χ1) is 15.6. The van der Waals surface area contributed by atoms with Gasteiger partial charge in [-0.1, -0.05) is 6.42 Å². The summed E-state index contributed by atoms with van der Waals surface area (Å²) in [5, 5.41) is 8.72. The summed E-state index contributed by atoms with van der Waals surface area (Å²) in [6, 6.07) is 5.49. The van der Waals surface area contributed by atoms with Gasteiger partial charge < -0.3 is 21.7 Å². The third-order valence-electron chi connectivity index (χ3n) is 5.55. The highest BCUT2D eigenvalue weighted by Crippen LogP contribution is 2.36. The van der Waals surface area contributed by atoms with Crippen molar-refractivity contribution in [2.45, 2.75) is 31.5 Å². The largest absolute Gasteiger partial charge is 0.433 e. The summed E-state index contributed by atoms with van der Waals surface area (Å²) in [7, 11) is 1.91. The van der Waals surface area contributed by atoms with Crippen molar-refractivity contribution in [2.24, 2.45) is 5.73 Å². The lowest BCUT2D eigenvalue weighted by molar-refractivity contribution is -0.141. The van der Waals surface area contributed by atoms with Crippen LogP contribution in [0.1, 0.15) is 30.8 Å². The third kappa shape index (κ3) is 4.75. The Morgan fingerprint density at radius 1 is 1.18 bits per heavy atom. The number of benzene rings is 1. The first-order valence-electron chi connectivity index (χ1n) is 10.3. The molecule has 1 aromatic heterocycles. The van der Waals surface area contributed by atoms with Gasteiger partial charge in [-0.3, -0.25) is 14.5 Å². The van der Waals surface area contributed by atoms with Crippen molar-refractivity contribution in [3.05, 3.63) is 47.8 Å². The number of likely N-dealkylation sites (N-methyl/N-ethyl adjacent to an activating group) is 1. The Kier molecular flexibility index (Phi) is 5.93. The van der Waals surface area contributed by atoms with Crippen LogP contribution in [0.2, 0.25) is 0 Å². The van der Waals surface area contributed by atoms with Crippen molar-refractivity contribution < 1.29 is 22.8 Å². The molecule has 9 nitrogen and oxygen atoms in total. The number of hydrogen-bond acceptors (Lipinski definition) is 7. The molecule has 3 heterocycles. The summed E-state index contributed by atoms with van der Waals surface area (Å²) < 4.78 is 39.1. The fraction of sp³-hybridized carbons (Fsp3) is 0.333. The van der Waals surface area contributed by atoms with E-state index in [0.29, 0.717) is 23.1 Å². The molecule has 0 spiro atoms. The van der Waals surface area contributed by atoms with Gasteiger partial charge in [0.2, 0.25) is 5.91 Å². The number of amides is 2. The molecule has 2 aliphatic heterocycles. The molecular formula is C21H22F3N7O2. The minimum Gasteiger partial charge on any atom is -0.365 e. The van der Waals surface area contributed by atoms with Crippen molar-refractivity contribution in [3.8, 4) is 0 Å². The predicted molar refractivity (Wildman–Crippen MR) is 116 cm³/mol. The van der Waals surface area contributed by atoms with E-state index in [1.807, 2.05) is 11.9 Å². The van der Waals surface area contributed by atoms with E-state index in [4.69, 9.17) is 5.73 Å². The number of fused-ring (bicyclic) bond motifs is 1. The summed E-state index contributed by atoms with van der Waals surface area (Å²) in [4.78, 5) is 34.0. The van der Waals surface area contributed by atoms with E-state index < -0.39 is 23.6 Å². The van der Waals surface area contributed by atoms with Gasteiger partial charge in [-0.15, -0.1) is 0 Å². The number of carbonyl (C=O) groups is 2. The van der Waals surface area contributed by atoms with Gasteiger partial charge in [0.25, 0.3) is 5.91 Å². The monoisotopic (exact) mass is 461 g/mol. The number of carbonyl (C=O) groups excluding carboxylic acids is 2. The second-order valence-corrected chi connectivity index (χ2v) is 7.87. The van der Waals surface area contributed by atoms with Crippen LogP contribution >= 0.6 is 0 Å². The molecule has 0 aliphatic carbocycles. The summed E-state index contributed by atoms with van der Waals surface area (Å²) in [6.07, 6.45) is -0.975. The summed E-state index contributed by atoms with van der Waals surface area (Å²) >= 11 is 0. The number of halogens is 3. The number of nitrogens with zero attached hydrogens (tertiary/aromatic N) is 3. The van der Waals surface area contributed by atoms with E-state index in [1.54, 1.807) is 18.2 Å². The van der Waals surface area contributed by atoms with Crippen molar-refractivity contribution in [1.29, 1.82) is 0 Å². The number of rotatable bonds is 4. The molecule has 2 amide bonds. The Bertz CT molecular complexity index is 1130. The topological polar surface area (TPSA) is 125 Å². The van der Waals surface area contributed by atoms with E-state index in [2.05, 4.69) is 25.9 Å². The highest BCUT2D eigenvalue weighted by molar-refractivity contribution is 6.20. The maximum Gasteiger partial charge on any atom is 0.433 e. The second kappa shape index (κ2) is 8.70. The number of anilines is 3. The maximum absolute atomic E-state index is 13.0. The molecule has 1 aromatic carbocycles. The van der Waals surface area contributed by atoms with Crippen LogP contribution in [0.3, 0.4) is 0 Å². The molecule has 2 aliphatic rings. The highest BCUT2D eigenvalue weighted by atomic mass is 19.4. The summed E-state index contributed by atoms with van der Waals surface area (Å²) in [5.74, 6) is -1.54. The predicted octanol–water partition coefficient (Wildman–Crippen LogP) is 2.61. The van der Waals surface area contributed by atoms with Crippen molar-refractivity contribution in [3.63, 3.8) is 0 Å². The molecule has 0 bridgehead atoms. The average Bonchev–Trinajstić information content (AvgIpc) is 3.16. The van der Waals surface area contributed by atoms with Crippen LogP contribution in [0.4, 0.5) is 30.2 Å². The van der Waals surface area contributed by atoms with Gasteiger partial charge in [0.1, 0.15) is 17.1 Å². The molecular weight excluding hydrogens is 439 g/mol. The lowest BCUT2D eigenvalue weighted by Gasteiger charge is -2.31. The number of piperidine rings is 1. The normalized spacial score (nSPS) is 19.8. The van der Waals surface area contributed by atoms with E-state index in [-0.39, 0.29) is 23.3 Å². The van der Waals surface area contributed by atoms with Crippen molar-refractivity contribution >= 4 is 34.4 Å². The Labute approximate surface area is 187 Å². The number of nitrogens with two attached hydrogens (primary N) is 1. The van der Waals surface area contributed by atoms with Crippen LogP contribution in [-0.2, 0) is 15.8 Å². The molecule has 0 unspecified atom stereocenters. The number of hydrogen-bond donors (Lipinski definition) is 4. The minimum atomic E-state index is -4.70. The maximum atomic E-state index is 13.0. The average molecular weight is 461 g/mol. The Balaban J connectivity index is 1.58. The smallest absolute Gasteiger partial charge is 0.365 e. The first-order valence-corrected chi connectivity index (χ1v) is 10.3. The summed E-state index contributed by atoms with van der Waals surface area (Å²) in [5.41, 5.74) is 5.49. The fourth-order valence-corrected chi connectivity index (χ4v) is 3.87. The number of nitrogens with one attached hydrogen (secondary N) is 3. The lowest BCUT2D eigenvalue weighted by Crippen LogP contribution is -2.44. The Morgan fingerprint density at radius 2 is 1.94 bits per heavy atom. The fourth-order valence-electron chi connectivity index (χ4n) is 3.87. The Morgan fingerprint density at radius 3 is 2.64 bits per heavy atom. The molecule has 5 N–H and O–H groups in total. The minimum absolute atomic E-state index is 0.0484. The number of aromatic nitrogens is 2. The van der Waals surface area contributed by atoms with E-state index in [9.17, 15) is 22.8 Å². The van der Waals surface area contributed by atoms with E-state index in [1.165, 1.54) is 0 Å². The molecule has 0 saturated carbocycles. The van der Waals surface area contributed by atoms with Gasteiger partial charge in [-0.25, -0.2) is 9.97 Å². The van der Waals surface area contributed by atoms with Crippen LogP contribution in [-0.4, -0.2) is 46.3 Å². The molecule has 1 saturated heterocycles. The quantitative estimate of drug-likeness (QED) is 0.516. The van der Waals surface area contributed by atoms with Crippen molar-refractivity contribution in [1.82, 2.24) is 14.9 Å². The zero-order valence-corrected chi connectivity index (χ0v) is 17.7. The van der Waals surface area contributed by atoms with Gasteiger partial charge >= 0.3 is 6.18 Å². The molecule has 2 aromatic rings. The van der Waals surface area contributed by atoms with Crippen LogP contribution in [0.25, 0.3) is 5.57 Å². The van der Waals surface area contributed by atoms with Gasteiger partial charge in [0.05, 0.1) is 17.4 Å². The third-order valence-corrected chi connectivity index (χ3v) is 5.55. The zero-order chi connectivity index (χ0) is 23.8. The zero-order valence-electron chi connectivity index (χ0n) is 17.7. The van der Waals surface area contributed by atoms with Gasteiger partial charge in [-0.2, -0.15) is 13.2 Å². The molecule has 1 atom stereocenters. The SMILES string of the molecule is CN1CCCC[C@H]1C(=O)Nc1ccc2c(c1)N/C(=C(/C(N)=O)c1nccc(C(F)(F)F)n1)N2. The second-order valence-electron chi connectivity index (χ2n) is 7.87. The summed E-state index contributed by atoms with van der Waals surface area (Å²) in [6.45, 7) is 0.857. The van der Waals surface area contributed by atoms with Crippen LogP contribution < -0.4 is 21.7 Å². The highest BCUT2D eigenvalue weighted by Gasteiger charge is 2.34. The number of likely N-dealkylation sites (tertiary alicyclic amines) is 1. The molecule has 174 valence electrons. The Hall–Kier alpha value is -3.67. The lowest BCUT2D eigenvalue weighted by atomic mass is 10.0. The molecule has 0 radical (unpaired) electrons. The van der Waals surface area contributed by atoms with Gasteiger partial charge in [0.15, 0.2) is 5.82 Å². The molecule has 1 fully saturated rings. The number of primary amides is 1. The van der Waals surface area contributed by atoms with Crippen LogP contribution in [0.5, 0.6) is 0 Å². The number of alkyl halides is 3. The first kappa shape index (κ1) is 22.5. The van der Waals surface area contributed by atoms with Gasteiger partial charge in [-0.05, 0) is 50.7 Å². The standard InChI is InChI=1S/C21H22F3N7O2/c1-31-9-3-2-4-14(31)20(33)27-11-5-6-12-13(10-11)29-19(28-12)16(17(25)32)18-26-8-7-15(30-18)21(22,23)24/h5-8,10,14,28-29H,2-4,9H2,1H3,(H2,25,32)(H,27,33)/b19-16-/t14-/m0/s1. The van der Waals surface area contributed by atoms with E-state index >= 15 is 0 Å². The molecule has 33 heavy (non-hydrogen) atoms. The van der Waals surface area contributed by atoms with Crippen LogP contribution in [0, 0.1) is 0 Å². The van der Waals surface area contributed by atoms with Crippen molar-refractivity contribution in [2.75, 3.05) is 29.5 Å². The van der Waals surface area contributed by atoms with Crippen LogP contribution in [0.15, 0.2) is 36.3 Å². The van der Waals surface area contributed by atoms with E-state index in [0.717, 1.165) is 32.0 Å². The van der Waals surface area contributed by atoms with Gasteiger partial charge in [0, 0.05) is 11.9 Å².